The number of ether oxygens (including phenoxy) is 1. The number of hydrogen-bond donors (Lipinski definition) is 2. The van der Waals surface area contributed by atoms with E-state index in [1.165, 1.54) is 73.8 Å². The van der Waals surface area contributed by atoms with Crippen molar-refractivity contribution in [2.24, 2.45) is 0 Å². The minimum atomic E-state index is -3.89. The number of benzene rings is 3. The highest BCUT2D eigenvalue weighted by molar-refractivity contribution is 7.92. The number of hydrogen-bond acceptors (Lipinski definition) is 6. The van der Waals surface area contributed by atoms with E-state index < -0.39 is 20.9 Å². The number of anilines is 2. The molecule has 3 rings (SSSR count). The van der Waals surface area contributed by atoms with Crippen molar-refractivity contribution in [2.45, 2.75) is 4.90 Å². The predicted octanol–water partition coefficient (Wildman–Crippen LogP) is 4.31. The molecule has 160 valence electrons. The second-order valence-electron chi connectivity index (χ2n) is 6.24. The number of halogens is 1. The molecule has 0 radical (unpaired) electrons. The SMILES string of the molecule is COc1ccc([N+](=O)[O-])cc1NC(=O)c1cccc(NS(=O)(=O)c2ccc(Cl)cc2)c1. The second-order valence-corrected chi connectivity index (χ2v) is 8.35. The van der Waals surface area contributed by atoms with Gasteiger partial charge in [0, 0.05) is 28.4 Å². The monoisotopic (exact) mass is 461 g/mol. The molecular weight excluding hydrogens is 446 g/mol. The fourth-order valence-electron chi connectivity index (χ4n) is 2.65. The van der Waals surface area contributed by atoms with Crippen LogP contribution < -0.4 is 14.8 Å². The third-order valence-electron chi connectivity index (χ3n) is 4.14. The van der Waals surface area contributed by atoms with Crippen LogP contribution in [0.3, 0.4) is 0 Å². The van der Waals surface area contributed by atoms with Gasteiger partial charge in [0.1, 0.15) is 5.75 Å². The van der Waals surface area contributed by atoms with E-state index in [0.29, 0.717) is 5.02 Å². The van der Waals surface area contributed by atoms with Crippen molar-refractivity contribution >= 4 is 44.6 Å². The van der Waals surface area contributed by atoms with Gasteiger partial charge in [-0.2, -0.15) is 0 Å². The summed E-state index contributed by atoms with van der Waals surface area (Å²) in [7, 11) is -2.53. The number of nitro groups is 1. The maximum Gasteiger partial charge on any atom is 0.271 e. The lowest BCUT2D eigenvalue weighted by Crippen LogP contribution is -2.15. The van der Waals surface area contributed by atoms with Gasteiger partial charge < -0.3 is 10.1 Å². The van der Waals surface area contributed by atoms with Crippen molar-refractivity contribution in [1.82, 2.24) is 0 Å². The molecule has 0 aromatic heterocycles. The van der Waals surface area contributed by atoms with E-state index in [-0.39, 0.29) is 33.3 Å². The van der Waals surface area contributed by atoms with Gasteiger partial charge in [0.15, 0.2) is 0 Å². The summed E-state index contributed by atoms with van der Waals surface area (Å²) >= 11 is 5.79. The van der Waals surface area contributed by atoms with Gasteiger partial charge in [0.05, 0.1) is 22.6 Å². The largest absolute Gasteiger partial charge is 0.495 e. The second kappa shape index (κ2) is 9.02. The lowest BCUT2D eigenvalue weighted by Gasteiger charge is -2.12. The zero-order chi connectivity index (χ0) is 22.6. The van der Waals surface area contributed by atoms with Crippen molar-refractivity contribution in [3.05, 3.63) is 87.4 Å². The summed E-state index contributed by atoms with van der Waals surface area (Å²) in [4.78, 5) is 23.1. The maximum atomic E-state index is 12.7. The Kier molecular flexibility index (Phi) is 6.42. The summed E-state index contributed by atoms with van der Waals surface area (Å²) in [6.07, 6.45) is 0. The number of non-ortho nitro benzene ring substituents is 1. The molecule has 2 N–H and O–H groups in total. The third kappa shape index (κ3) is 5.30. The molecule has 3 aromatic carbocycles. The molecule has 0 saturated carbocycles. The molecule has 1 amide bonds. The highest BCUT2D eigenvalue weighted by atomic mass is 35.5. The molecule has 0 aliphatic heterocycles. The van der Waals surface area contributed by atoms with E-state index in [4.69, 9.17) is 16.3 Å². The topological polar surface area (TPSA) is 128 Å². The number of sulfonamides is 1. The van der Waals surface area contributed by atoms with Crippen LogP contribution in [0.5, 0.6) is 5.75 Å². The highest BCUT2D eigenvalue weighted by Crippen LogP contribution is 2.29. The molecular formula is C20H16ClN3O6S. The Balaban J connectivity index is 1.83. The number of nitrogens with one attached hydrogen (secondary N) is 2. The van der Waals surface area contributed by atoms with Crippen LogP contribution in [0, 0.1) is 10.1 Å². The molecule has 0 spiro atoms. The third-order valence-corrected chi connectivity index (χ3v) is 5.79. The zero-order valence-corrected chi connectivity index (χ0v) is 17.6. The van der Waals surface area contributed by atoms with Crippen molar-refractivity contribution in [3.8, 4) is 5.75 Å². The summed E-state index contributed by atoms with van der Waals surface area (Å²) in [5.74, 6) is -0.370. The van der Waals surface area contributed by atoms with Crippen LogP contribution in [-0.4, -0.2) is 26.4 Å². The molecule has 0 saturated heterocycles. The van der Waals surface area contributed by atoms with Crippen LogP contribution in [0.4, 0.5) is 17.1 Å². The van der Waals surface area contributed by atoms with E-state index in [9.17, 15) is 23.3 Å². The molecule has 0 fully saturated rings. The number of amides is 1. The number of rotatable bonds is 7. The molecule has 0 atom stereocenters. The van der Waals surface area contributed by atoms with Gasteiger partial charge >= 0.3 is 0 Å². The summed E-state index contributed by atoms with van der Waals surface area (Å²) in [6.45, 7) is 0. The Hall–Kier alpha value is -3.63. The van der Waals surface area contributed by atoms with Gasteiger partial charge in [-0.15, -0.1) is 0 Å². The van der Waals surface area contributed by atoms with E-state index in [1.54, 1.807) is 0 Å². The van der Waals surface area contributed by atoms with Crippen LogP contribution in [0.15, 0.2) is 71.6 Å². The number of carbonyl (C=O) groups is 1. The average Bonchev–Trinajstić information content (AvgIpc) is 2.73. The molecule has 11 heteroatoms. The van der Waals surface area contributed by atoms with Crippen molar-refractivity contribution in [3.63, 3.8) is 0 Å². The molecule has 0 heterocycles. The summed E-state index contributed by atoms with van der Waals surface area (Å²) in [5.41, 5.74) is 0.174. The normalized spacial score (nSPS) is 10.9. The first-order valence-electron chi connectivity index (χ1n) is 8.72. The van der Waals surface area contributed by atoms with Gasteiger partial charge in [0.2, 0.25) is 0 Å². The Labute approximate surface area is 182 Å². The highest BCUT2D eigenvalue weighted by Gasteiger charge is 2.17. The predicted molar refractivity (Wildman–Crippen MR) is 116 cm³/mol. The lowest BCUT2D eigenvalue weighted by atomic mass is 10.2. The molecule has 3 aromatic rings. The van der Waals surface area contributed by atoms with Gasteiger partial charge in [-0.1, -0.05) is 17.7 Å². The Bertz CT molecular complexity index is 1250. The number of nitro benzene ring substituents is 1. The maximum absolute atomic E-state index is 12.7. The first-order chi connectivity index (χ1) is 14.7. The first-order valence-corrected chi connectivity index (χ1v) is 10.6. The Morgan fingerprint density at radius 2 is 1.77 bits per heavy atom. The van der Waals surface area contributed by atoms with E-state index in [2.05, 4.69) is 10.0 Å². The van der Waals surface area contributed by atoms with Gasteiger partial charge in [0.25, 0.3) is 21.6 Å². The van der Waals surface area contributed by atoms with E-state index in [1.807, 2.05) is 0 Å². The van der Waals surface area contributed by atoms with Crippen LogP contribution in [0.25, 0.3) is 0 Å². The summed E-state index contributed by atoms with van der Waals surface area (Å²) < 4.78 is 32.6. The minimum absolute atomic E-state index is 0.00749. The number of carbonyl (C=O) groups excluding carboxylic acids is 1. The van der Waals surface area contributed by atoms with Crippen molar-refractivity contribution in [1.29, 1.82) is 0 Å². The summed E-state index contributed by atoms with van der Waals surface area (Å²) in [6, 6.07) is 15.2. The van der Waals surface area contributed by atoms with Crippen LogP contribution >= 0.6 is 11.6 Å². The van der Waals surface area contributed by atoms with Gasteiger partial charge in [-0.25, -0.2) is 8.42 Å². The van der Waals surface area contributed by atoms with Crippen LogP contribution in [0.1, 0.15) is 10.4 Å². The summed E-state index contributed by atoms with van der Waals surface area (Å²) in [5, 5.41) is 13.9. The molecule has 9 nitrogen and oxygen atoms in total. The van der Waals surface area contributed by atoms with Crippen LogP contribution in [-0.2, 0) is 10.0 Å². The van der Waals surface area contributed by atoms with E-state index in [0.717, 1.165) is 0 Å². The minimum Gasteiger partial charge on any atom is -0.495 e. The Morgan fingerprint density at radius 3 is 2.42 bits per heavy atom. The van der Waals surface area contributed by atoms with Gasteiger partial charge in [-0.3, -0.25) is 19.6 Å². The average molecular weight is 462 g/mol. The smallest absolute Gasteiger partial charge is 0.271 e. The van der Waals surface area contributed by atoms with Crippen molar-refractivity contribution in [2.75, 3.05) is 17.1 Å². The quantitative estimate of drug-likeness (QED) is 0.398. The molecule has 0 aliphatic rings. The van der Waals surface area contributed by atoms with Crippen molar-refractivity contribution < 1.29 is 22.9 Å². The van der Waals surface area contributed by atoms with Gasteiger partial charge in [-0.05, 0) is 48.5 Å². The lowest BCUT2D eigenvalue weighted by molar-refractivity contribution is -0.384. The molecule has 0 unspecified atom stereocenters. The standard InChI is InChI=1S/C20H16ClN3O6S/c1-30-19-10-7-16(24(26)27)12-18(19)22-20(25)13-3-2-4-15(11-13)23-31(28,29)17-8-5-14(21)6-9-17/h2-12,23H,1H3,(H,22,25). The molecule has 0 bridgehead atoms. The number of methoxy groups -OCH3 is 1. The fraction of sp³-hybridized carbons (Fsp3) is 0.0500. The number of nitrogens with zero attached hydrogens (tertiary/aromatic N) is 1. The fourth-order valence-corrected chi connectivity index (χ4v) is 3.83. The van der Waals surface area contributed by atoms with E-state index >= 15 is 0 Å². The van der Waals surface area contributed by atoms with Crippen LogP contribution in [0.2, 0.25) is 5.02 Å². The molecule has 31 heavy (non-hydrogen) atoms. The first kappa shape index (κ1) is 22.1. The zero-order valence-electron chi connectivity index (χ0n) is 16.0. The molecule has 0 aliphatic carbocycles. The Morgan fingerprint density at radius 1 is 1.06 bits per heavy atom.